The van der Waals surface area contributed by atoms with Crippen molar-refractivity contribution < 1.29 is 22.7 Å². The number of amides is 1. The highest BCUT2D eigenvalue weighted by Gasteiger charge is 2.23. The van der Waals surface area contributed by atoms with Crippen molar-refractivity contribution in [3.05, 3.63) is 46.8 Å². The smallest absolute Gasteiger partial charge is 0.348 e. The summed E-state index contributed by atoms with van der Waals surface area (Å²) < 4.78 is 30.4. The van der Waals surface area contributed by atoms with Crippen molar-refractivity contribution in [2.75, 3.05) is 26.0 Å². The van der Waals surface area contributed by atoms with Crippen molar-refractivity contribution in [2.24, 2.45) is 0 Å². The van der Waals surface area contributed by atoms with Gasteiger partial charge in [0.15, 0.2) is 0 Å². The second-order valence-electron chi connectivity index (χ2n) is 5.10. The molecule has 1 amide bonds. The molecule has 0 aliphatic heterocycles. The number of rotatable bonds is 6. The van der Waals surface area contributed by atoms with E-state index in [0.717, 1.165) is 15.6 Å². The molecule has 1 aromatic heterocycles. The van der Waals surface area contributed by atoms with E-state index in [1.165, 1.54) is 50.6 Å². The largest absolute Gasteiger partial charge is 0.465 e. The molecular formula is C16H15N3O5S2. The van der Waals surface area contributed by atoms with Gasteiger partial charge in [0.2, 0.25) is 15.9 Å². The quantitative estimate of drug-likeness (QED) is 0.746. The van der Waals surface area contributed by atoms with Crippen molar-refractivity contribution in [1.29, 1.82) is 5.26 Å². The number of nitrogens with zero attached hydrogens (tertiary/aromatic N) is 2. The minimum atomic E-state index is -3.87. The lowest BCUT2D eigenvalue weighted by atomic mass is 10.2. The zero-order chi connectivity index (χ0) is 19.3. The molecule has 0 spiro atoms. The molecule has 8 nitrogen and oxygen atoms in total. The number of thiophene rings is 1. The Balaban J connectivity index is 2.04. The van der Waals surface area contributed by atoms with Gasteiger partial charge >= 0.3 is 5.97 Å². The third-order valence-electron chi connectivity index (χ3n) is 3.31. The molecule has 0 bridgehead atoms. The summed E-state index contributed by atoms with van der Waals surface area (Å²) in [6.45, 7) is -0.409. The second-order valence-corrected chi connectivity index (χ2v) is 8.23. The third-order valence-corrected chi connectivity index (χ3v) is 6.11. The Bertz CT molecular complexity index is 959. The van der Waals surface area contributed by atoms with E-state index in [1.54, 1.807) is 0 Å². The molecule has 0 saturated heterocycles. The number of nitrogens with one attached hydrogen (secondary N) is 1. The van der Waals surface area contributed by atoms with Gasteiger partial charge in [0.25, 0.3) is 0 Å². The normalized spacial score (nSPS) is 11.0. The summed E-state index contributed by atoms with van der Waals surface area (Å²) in [4.78, 5) is 23.8. The van der Waals surface area contributed by atoms with E-state index in [1.807, 2.05) is 6.07 Å². The molecule has 136 valence electrons. The lowest BCUT2D eigenvalue weighted by molar-refractivity contribution is -0.116. The Hall–Kier alpha value is -2.74. The van der Waals surface area contributed by atoms with Crippen LogP contribution in [0, 0.1) is 11.3 Å². The minimum absolute atomic E-state index is 0.0177. The van der Waals surface area contributed by atoms with Crippen molar-refractivity contribution in [1.82, 2.24) is 4.31 Å². The zero-order valence-corrected chi connectivity index (χ0v) is 15.6. The van der Waals surface area contributed by atoms with E-state index in [4.69, 9.17) is 5.26 Å². The fourth-order valence-corrected chi connectivity index (χ4v) is 3.93. The number of nitriles is 1. The van der Waals surface area contributed by atoms with Crippen LogP contribution in [0.2, 0.25) is 0 Å². The minimum Gasteiger partial charge on any atom is -0.465 e. The summed E-state index contributed by atoms with van der Waals surface area (Å²) in [5, 5.41) is 11.7. The summed E-state index contributed by atoms with van der Waals surface area (Å²) in [6, 6.07) is 10.3. The molecule has 2 rings (SSSR count). The topological polar surface area (TPSA) is 117 Å². The van der Waals surface area contributed by atoms with Gasteiger partial charge in [-0.15, -0.1) is 11.3 Å². The molecule has 0 saturated carbocycles. The first-order chi connectivity index (χ1) is 12.3. The van der Waals surface area contributed by atoms with Crippen LogP contribution in [0.1, 0.15) is 15.2 Å². The van der Waals surface area contributed by atoms with Crippen LogP contribution in [0.4, 0.5) is 5.00 Å². The molecule has 0 atom stereocenters. The average molecular weight is 393 g/mol. The van der Waals surface area contributed by atoms with E-state index in [9.17, 15) is 18.0 Å². The summed E-state index contributed by atoms with van der Waals surface area (Å²) in [5.41, 5.74) is 0.337. The monoisotopic (exact) mass is 393 g/mol. The average Bonchev–Trinajstić information content (AvgIpc) is 3.09. The number of anilines is 1. The predicted octanol–water partition coefficient (Wildman–Crippen LogP) is 1.67. The van der Waals surface area contributed by atoms with E-state index in [2.05, 4.69) is 10.1 Å². The first-order valence-corrected chi connectivity index (χ1v) is 9.48. The highest BCUT2D eigenvalue weighted by Crippen LogP contribution is 2.22. The lowest BCUT2D eigenvalue weighted by Gasteiger charge is -2.16. The van der Waals surface area contributed by atoms with E-state index >= 15 is 0 Å². The third kappa shape index (κ3) is 4.45. The van der Waals surface area contributed by atoms with Gasteiger partial charge < -0.3 is 10.1 Å². The maximum absolute atomic E-state index is 12.5. The fraction of sp³-hybridized carbons (Fsp3) is 0.188. The van der Waals surface area contributed by atoms with Crippen LogP contribution in [0.5, 0.6) is 0 Å². The first-order valence-electron chi connectivity index (χ1n) is 7.22. The Labute approximate surface area is 154 Å². The van der Waals surface area contributed by atoms with Crippen LogP contribution in [-0.4, -0.2) is 45.3 Å². The van der Waals surface area contributed by atoms with Gasteiger partial charge in [-0.25, -0.2) is 13.2 Å². The van der Waals surface area contributed by atoms with Gasteiger partial charge in [-0.1, -0.05) is 0 Å². The van der Waals surface area contributed by atoms with Crippen LogP contribution in [0.3, 0.4) is 0 Å². The molecule has 26 heavy (non-hydrogen) atoms. The number of carbonyl (C=O) groups is 2. The number of carbonyl (C=O) groups excluding carboxylic acids is 2. The lowest BCUT2D eigenvalue weighted by Crippen LogP contribution is -2.34. The van der Waals surface area contributed by atoms with Crippen molar-refractivity contribution in [3.8, 4) is 6.07 Å². The molecule has 10 heteroatoms. The maximum atomic E-state index is 12.5. The molecule has 1 heterocycles. The van der Waals surface area contributed by atoms with Gasteiger partial charge in [-0.3, -0.25) is 4.79 Å². The Kier molecular flexibility index (Phi) is 6.10. The van der Waals surface area contributed by atoms with Crippen molar-refractivity contribution >= 4 is 38.2 Å². The van der Waals surface area contributed by atoms with Crippen LogP contribution >= 0.6 is 11.3 Å². The van der Waals surface area contributed by atoms with Crippen molar-refractivity contribution in [2.45, 2.75) is 4.90 Å². The standard InChI is InChI=1S/C16H15N3O5S2/c1-19(26(22,23)12-5-3-11(9-17)4-6-12)10-14(20)18-15-8-7-13(25-15)16(21)24-2/h3-8H,10H2,1-2H3,(H,18,20). The number of methoxy groups -OCH3 is 1. The molecule has 1 aromatic carbocycles. The van der Waals surface area contributed by atoms with Gasteiger partial charge in [0.05, 0.1) is 35.2 Å². The fourth-order valence-electron chi connectivity index (χ4n) is 1.96. The predicted molar refractivity (Wildman–Crippen MR) is 95.3 cm³/mol. The number of sulfonamides is 1. The van der Waals surface area contributed by atoms with E-state index < -0.39 is 28.4 Å². The van der Waals surface area contributed by atoms with Gasteiger partial charge in [-0.2, -0.15) is 9.57 Å². The molecule has 0 unspecified atom stereocenters. The van der Waals surface area contributed by atoms with Crippen LogP contribution < -0.4 is 5.32 Å². The van der Waals surface area contributed by atoms with Gasteiger partial charge in [0, 0.05) is 7.05 Å². The van der Waals surface area contributed by atoms with Crippen LogP contribution in [0.15, 0.2) is 41.3 Å². The van der Waals surface area contributed by atoms with Crippen molar-refractivity contribution in [3.63, 3.8) is 0 Å². The summed E-state index contributed by atoms with van der Waals surface area (Å²) in [6.07, 6.45) is 0. The number of ether oxygens (including phenoxy) is 1. The second kappa shape index (κ2) is 8.09. The molecule has 0 fully saturated rings. The number of hydrogen-bond donors (Lipinski definition) is 1. The number of likely N-dealkylation sites (N-methyl/N-ethyl adjacent to an activating group) is 1. The molecular weight excluding hydrogens is 378 g/mol. The molecule has 0 aliphatic carbocycles. The zero-order valence-electron chi connectivity index (χ0n) is 13.9. The Morgan fingerprint density at radius 3 is 2.46 bits per heavy atom. The van der Waals surface area contributed by atoms with E-state index in [-0.39, 0.29) is 4.90 Å². The van der Waals surface area contributed by atoms with Gasteiger partial charge in [-0.05, 0) is 36.4 Å². The van der Waals surface area contributed by atoms with Crippen LogP contribution in [0.25, 0.3) is 0 Å². The number of benzene rings is 1. The highest BCUT2D eigenvalue weighted by atomic mass is 32.2. The highest BCUT2D eigenvalue weighted by molar-refractivity contribution is 7.89. The first kappa shape index (κ1) is 19.6. The van der Waals surface area contributed by atoms with E-state index in [0.29, 0.717) is 15.4 Å². The molecule has 0 radical (unpaired) electrons. The number of esters is 1. The summed E-state index contributed by atoms with van der Waals surface area (Å²) >= 11 is 1.02. The maximum Gasteiger partial charge on any atom is 0.348 e. The Morgan fingerprint density at radius 2 is 1.88 bits per heavy atom. The Morgan fingerprint density at radius 1 is 1.23 bits per heavy atom. The number of hydrogen-bond acceptors (Lipinski definition) is 7. The molecule has 2 aromatic rings. The molecule has 0 aliphatic rings. The van der Waals surface area contributed by atoms with Crippen LogP contribution in [-0.2, 0) is 19.6 Å². The SMILES string of the molecule is COC(=O)c1ccc(NC(=O)CN(C)S(=O)(=O)c2ccc(C#N)cc2)s1. The molecule has 1 N–H and O–H groups in total. The summed E-state index contributed by atoms with van der Waals surface area (Å²) in [5.74, 6) is -1.07. The summed E-state index contributed by atoms with van der Waals surface area (Å²) in [7, 11) is -1.34. The van der Waals surface area contributed by atoms with Gasteiger partial charge in [0.1, 0.15) is 4.88 Å².